The Labute approximate surface area is 195 Å². The predicted octanol–water partition coefficient (Wildman–Crippen LogP) is 1.17. The second-order valence-electron chi connectivity index (χ2n) is 6.53. The number of hydrogen-bond donors (Lipinski definition) is 0. The van der Waals surface area contributed by atoms with Gasteiger partial charge in [0.15, 0.2) is 0 Å². The zero-order valence-electron chi connectivity index (χ0n) is 16.5. The van der Waals surface area contributed by atoms with Gasteiger partial charge in [0.05, 0.1) is 11.4 Å². The molecule has 0 fully saturated rings. The molecule has 4 aromatic rings. The summed E-state index contributed by atoms with van der Waals surface area (Å²) in [5.74, 6) is -0.281. The molecule has 2 aromatic carbocycles. The Morgan fingerprint density at radius 3 is 2.31 bits per heavy atom. The average molecular weight is 413 g/mol. The molecule has 0 N–H and O–H groups in total. The maximum Gasteiger partial charge on any atom is 1.00 e. The molecule has 0 aliphatic heterocycles. The van der Waals surface area contributed by atoms with Crippen molar-refractivity contribution in [3.63, 3.8) is 0 Å². The van der Waals surface area contributed by atoms with Gasteiger partial charge in [-0.3, -0.25) is 4.79 Å². The van der Waals surface area contributed by atoms with Gasteiger partial charge < -0.3 is 5.11 Å². The molecule has 4 rings (SSSR count). The summed E-state index contributed by atoms with van der Waals surface area (Å²) < 4.78 is 2.86. The molecule has 0 unspecified atom stereocenters. The van der Waals surface area contributed by atoms with Gasteiger partial charge in [-0.05, 0) is 30.9 Å². The molecule has 0 saturated heterocycles. The summed E-state index contributed by atoms with van der Waals surface area (Å²) in [6.45, 7) is 2.05. The molecule has 142 valence electrons. The van der Waals surface area contributed by atoms with E-state index in [0.717, 1.165) is 24.1 Å². The quantitative estimate of drug-likeness (QED) is 0.446. The van der Waals surface area contributed by atoms with Crippen LogP contribution in [0.2, 0.25) is 0 Å². The van der Waals surface area contributed by atoms with Crippen LogP contribution in [0.4, 0.5) is 0 Å². The van der Waals surface area contributed by atoms with Crippen LogP contribution in [-0.2, 0) is 6.42 Å². The summed E-state index contributed by atoms with van der Waals surface area (Å²) in [5, 5.41) is 15.6. The predicted molar refractivity (Wildman–Crippen MR) is 111 cm³/mol. The van der Waals surface area contributed by atoms with Crippen molar-refractivity contribution >= 4 is 11.3 Å². The van der Waals surface area contributed by atoms with Crippen molar-refractivity contribution in [2.75, 3.05) is 0 Å². The molecular formula is C22H20N3NaO2S. The van der Waals surface area contributed by atoms with E-state index in [1.807, 2.05) is 73.0 Å². The number of rotatable bonds is 6. The number of hydrogen-bond acceptors (Lipinski definition) is 4. The summed E-state index contributed by atoms with van der Waals surface area (Å²) >= 11 is 1.36. The molecule has 0 aliphatic rings. The van der Waals surface area contributed by atoms with Crippen molar-refractivity contribution in [1.82, 2.24) is 14.3 Å². The summed E-state index contributed by atoms with van der Waals surface area (Å²) in [6, 6.07) is 19.0. The molecule has 29 heavy (non-hydrogen) atoms. The molecule has 5 nitrogen and oxygen atoms in total. The monoisotopic (exact) mass is 413 g/mol. The van der Waals surface area contributed by atoms with Crippen LogP contribution in [0.3, 0.4) is 0 Å². The number of nitrogens with zero attached hydrogens (tertiary/aromatic N) is 3. The minimum atomic E-state index is -0.281. The molecule has 0 bridgehead atoms. The fourth-order valence-electron chi connectivity index (χ4n) is 3.17. The Morgan fingerprint density at radius 2 is 1.66 bits per heavy atom. The number of benzene rings is 2. The fourth-order valence-corrected chi connectivity index (χ4v) is 3.99. The maximum absolute atomic E-state index is 13.1. The van der Waals surface area contributed by atoms with Gasteiger partial charge in [-0.15, -0.1) is 11.3 Å². The molecule has 0 aliphatic carbocycles. The first-order chi connectivity index (χ1) is 13.7. The van der Waals surface area contributed by atoms with Crippen molar-refractivity contribution in [3.05, 3.63) is 82.0 Å². The molecule has 2 heterocycles. The van der Waals surface area contributed by atoms with E-state index in [1.54, 1.807) is 0 Å². The van der Waals surface area contributed by atoms with Crippen molar-refractivity contribution in [1.29, 1.82) is 0 Å². The topological polar surface area (TPSA) is 62.9 Å². The first kappa shape index (κ1) is 21.6. The first-order valence-electron chi connectivity index (χ1n) is 9.31. The zero-order chi connectivity index (χ0) is 19.5. The Kier molecular flexibility index (Phi) is 7.14. The van der Waals surface area contributed by atoms with Crippen molar-refractivity contribution in [2.45, 2.75) is 26.2 Å². The van der Waals surface area contributed by atoms with Crippen LogP contribution in [0.1, 0.15) is 25.3 Å². The number of aromatic nitrogens is 3. The van der Waals surface area contributed by atoms with Gasteiger partial charge in [0, 0.05) is 16.5 Å². The minimum absolute atomic E-state index is 0. The van der Waals surface area contributed by atoms with E-state index in [2.05, 4.69) is 4.98 Å². The van der Waals surface area contributed by atoms with Gasteiger partial charge >= 0.3 is 29.6 Å². The van der Waals surface area contributed by atoms with E-state index in [4.69, 9.17) is 0 Å². The molecule has 7 heteroatoms. The van der Waals surface area contributed by atoms with Gasteiger partial charge in [-0.1, -0.05) is 61.9 Å². The molecule has 0 radical (unpaired) electrons. The van der Waals surface area contributed by atoms with Gasteiger partial charge in [0.25, 0.3) is 5.56 Å². The van der Waals surface area contributed by atoms with Crippen LogP contribution < -0.4 is 40.2 Å². The Morgan fingerprint density at radius 1 is 1.00 bits per heavy atom. The summed E-state index contributed by atoms with van der Waals surface area (Å²) in [4.78, 5) is 17.7. The Balaban J connectivity index is 0.00000240. The number of thiazole rings is 1. The van der Waals surface area contributed by atoms with Crippen LogP contribution >= 0.6 is 11.3 Å². The van der Waals surface area contributed by atoms with E-state index in [0.29, 0.717) is 22.8 Å². The second-order valence-corrected chi connectivity index (χ2v) is 7.37. The largest absolute Gasteiger partial charge is 1.00 e. The third-order valence-electron chi connectivity index (χ3n) is 4.62. The van der Waals surface area contributed by atoms with Gasteiger partial charge in [-0.25, -0.2) is 14.3 Å². The molecule has 2 aromatic heterocycles. The summed E-state index contributed by atoms with van der Waals surface area (Å²) in [5.41, 5.74) is 2.48. The van der Waals surface area contributed by atoms with E-state index in [-0.39, 0.29) is 41.0 Å². The van der Waals surface area contributed by atoms with Crippen LogP contribution in [0, 0.1) is 0 Å². The molecule has 0 atom stereocenters. The summed E-state index contributed by atoms with van der Waals surface area (Å²) in [6.07, 6.45) is 2.20. The average Bonchev–Trinajstić information content (AvgIpc) is 3.31. The molecule has 0 spiro atoms. The third-order valence-corrected chi connectivity index (χ3v) is 5.44. The SMILES string of the molecule is CCCCc1c([O-])n(-c2nc(-c3ccccc3)cs2)n(-c2ccccc2)c1=O.[Na+]. The number of unbranched alkanes of at least 4 members (excludes halogenated alkanes) is 1. The standard InChI is InChI=1S/C22H21N3O2S.Na/c1-2-3-14-18-20(26)24(17-12-8-5-9-13-17)25(21(18)27)22-23-19(15-28-22)16-10-6-4-7-11-16;/h4-13,15,27H,2-3,14H2,1H3;/q;+1/p-1. The van der Waals surface area contributed by atoms with Gasteiger partial charge in [0.1, 0.15) is 0 Å². The normalized spacial score (nSPS) is 10.7. The second kappa shape index (κ2) is 9.59. The van der Waals surface area contributed by atoms with Crippen LogP contribution in [-0.4, -0.2) is 14.3 Å². The minimum Gasteiger partial charge on any atom is -0.858 e. The van der Waals surface area contributed by atoms with E-state index < -0.39 is 0 Å². The van der Waals surface area contributed by atoms with Gasteiger partial charge in [-0.2, -0.15) is 0 Å². The van der Waals surface area contributed by atoms with Crippen LogP contribution in [0.5, 0.6) is 5.88 Å². The molecule has 0 saturated carbocycles. The smallest absolute Gasteiger partial charge is 0.858 e. The summed E-state index contributed by atoms with van der Waals surface area (Å²) in [7, 11) is 0. The third kappa shape index (κ3) is 4.26. The van der Waals surface area contributed by atoms with E-state index >= 15 is 0 Å². The van der Waals surface area contributed by atoms with E-state index in [9.17, 15) is 9.90 Å². The molecule has 0 amide bonds. The van der Waals surface area contributed by atoms with Gasteiger partial charge in [0.2, 0.25) is 5.13 Å². The van der Waals surface area contributed by atoms with Crippen molar-refractivity contribution < 1.29 is 34.7 Å². The van der Waals surface area contributed by atoms with Crippen molar-refractivity contribution in [2.24, 2.45) is 0 Å². The Hall–Kier alpha value is -2.12. The fraction of sp³-hybridized carbons (Fsp3) is 0.182. The van der Waals surface area contributed by atoms with Crippen molar-refractivity contribution in [3.8, 4) is 28.0 Å². The number of para-hydroxylation sites is 1. The first-order valence-corrected chi connectivity index (χ1v) is 10.2. The molecular weight excluding hydrogens is 393 g/mol. The van der Waals surface area contributed by atoms with E-state index in [1.165, 1.54) is 20.7 Å². The van der Waals surface area contributed by atoms with Crippen LogP contribution in [0.15, 0.2) is 70.8 Å². The maximum atomic E-state index is 13.1. The Bertz CT molecular complexity index is 1130. The zero-order valence-corrected chi connectivity index (χ0v) is 19.4. The van der Waals surface area contributed by atoms with Crippen LogP contribution in [0.25, 0.3) is 22.1 Å².